The van der Waals surface area contributed by atoms with Gasteiger partial charge in [-0.05, 0) is 25.5 Å². The molecule has 2 aromatic rings. The maximum absolute atomic E-state index is 9.13. The average Bonchev–Trinajstić information content (AvgIpc) is 2.58. The number of aliphatic hydroxyl groups excluding tert-OH is 1. The number of anilines is 1. The number of oxazole rings is 1. The van der Waals surface area contributed by atoms with Crippen LogP contribution < -0.4 is 5.73 Å². The Kier molecular flexibility index (Phi) is 3.36. The molecule has 0 aliphatic carbocycles. The molecule has 0 saturated carbocycles. The van der Waals surface area contributed by atoms with Crippen LogP contribution in [0.2, 0.25) is 0 Å². The van der Waals surface area contributed by atoms with Crippen LogP contribution >= 0.6 is 11.8 Å². The van der Waals surface area contributed by atoms with Gasteiger partial charge in [-0.3, -0.25) is 0 Å². The van der Waals surface area contributed by atoms with Crippen LogP contribution in [0.15, 0.2) is 27.8 Å². The number of fused-ring (bicyclic) bond motifs is 1. The number of nitrogen functional groups attached to an aromatic ring is 1. The van der Waals surface area contributed by atoms with Gasteiger partial charge in [-0.15, -0.1) is 0 Å². The lowest BCUT2D eigenvalue weighted by molar-refractivity contribution is 0.192. The second-order valence-electron chi connectivity index (χ2n) is 3.69. The first-order chi connectivity index (χ1) is 7.65. The van der Waals surface area contributed by atoms with Crippen LogP contribution in [0.1, 0.15) is 13.3 Å². The molecule has 1 aromatic carbocycles. The molecule has 1 aromatic heterocycles. The van der Waals surface area contributed by atoms with Crippen LogP contribution in [0.5, 0.6) is 0 Å². The Bertz CT molecular complexity index is 482. The molecule has 2 rings (SSSR count). The Morgan fingerprint density at radius 3 is 3.12 bits per heavy atom. The standard InChI is InChI=1S/C11H14N2O2S/c1-7(14)4-5-16-11-13-9-3-2-8(12)6-10(9)15-11/h2-3,6-7,14H,4-5,12H2,1H3. The van der Waals surface area contributed by atoms with Gasteiger partial charge >= 0.3 is 0 Å². The van der Waals surface area contributed by atoms with E-state index < -0.39 is 0 Å². The lowest BCUT2D eigenvalue weighted by Crippen LogP contribution is -2.00. The van der Waals surface area contributed by atoms with Gasteiger partial charge in [-0.2, -0.15) is 0 Å². The van der Waals surface area contributed by atoms with Gasteiger partial charge in [-0.1, -0.05) is 11.8 Å². The van der Waals surface area contributed by atoms with Gasteiger partial charge in [0.25, 0.3) is 5.22 Å². The number of aliphatic hydroxyl groups is 1. The molecule has 0 aliphatic rings. The number of hydrogen-bond acceptors (Lipinski definition) is 5. The van der Waals surface area contributed by atoms with Gasteiger partial charge in [0.15, 0.2) is 5.58 Å². The number of benzene rings is 1. The predicted octanol–water partition coefficient (Wildman–Crippen LogP) is 2.27. The molecule has 0 aliphatic heterocycles. The fraction of sp³-hybridized carbons (Fsp3) is 0.364. The van der Waals surface area contributed by atoms with Gasteiger partial charge < -0.3 is 15.3 Å². The van der Waals surface area contributed by atoms with Gasteiger partial charge in [0.05, 0.1) is 6.10 Å². The molecule has 86 valence electrons. The number of rotatable bonds is 4. The molecular weight excluding hydrogens is 224 g/mol. The highest BCUT2D eigenvalue weighted by molar-refractivity contribution is 7.99. The third kappa shape index (κ3) is 2.68. The van der Waals surface area contributed by atoms with Crippen molar-refractivity contribution in [3.05, 3.63) is 18.2 Å². The van der Waals surface area contributed by atoms with Gasteiger partial charge in [0, 0.05) is 17.5 Å². The summed E-state index contributed by atoms with van der Waals surface area (Å²) in [4.78, 5) is 4.31. The highest BCUT2D eigenvalue weighted by Gasteiger charge is 2.06. The molecule has 5 heteroatoms. The first kappa shape index (κ1) is 11.3. The van der Waals surface area contributed by atoms with E-state index in [1.165, 1.54) is 11.8 Å². The summed E-state index contributed by atoms with van der Waals surface area (Å²) in [6.45, 7) is 1.77. The summed E-state index contributed by atoms with van der Waals surface area (Å²) in [7, 11) is 0. The third-order valence-electron chi connectivity index (χ3n) is 2.15. The maximum atomic E-state index is 9.13. The topological polar surface area (TPSA) is 72.3 Å². The predicted molar refractivity (Wildman–Crippen MR) is 65.4 cm³/mol. The van der Waals surface area contributed by atoms with E-state index in [9.17, 15) is 0 Å². The molecule has 1 heterocycles. The van der Waals surface area contributed by atoms with E-state index in [1.54, 1.807) is 19.1 Å². The van der Waals surface area contributed by atoms with Crippen LogP contribution in [-0.4, -0.2) is 21.9 Å². The molecule has 0 spiro atoms. The highest BCUT2D eigenvalue weighted by atomic mass is 32.2. The summed E-state index contributed by atoms with van der Waals surface area (Å²) < 4.78 is 5.52. The molecule has 0 fully saturated rings. The third-order valence-corrected chi connectivity index (χ3v) is 3.02. The lowest BCUT2D eigenvalue weighted by Gasteiger charge is -1.99. The van der Waals surface area contributed by atoms with E-state index in [0.717, 1.165) is 17.7 Å². The summed E-state index contributed by atoms with van der Waals surface area (Å²) in [5.74, 6) is 0.792. The zero-order chi connectivity index (χ0) is 11.5. The largest absolute Gasteiger partial charge is 0.431 e. The fourth-order valence-corrected chi connectivity index (χ4v) is 2.24. The molecule has 0 saturated heterocycles. The highest BCUT2D eigenvalue weighted by Crippen LogP contribution is 2.25. The number of thioether (sulfide) groups is 1. The molecule has 16 heavy (non-hydrogen) atoms. The smallest absolute Gasteiger partial charge is 0.256 e. The van der Waals surface area contributed by atoms with Crippen LogP contribution in [-0.2, 0) is 0 Å². The van der Waals surface area contributed by atoms with Crippen molar-refractivity contribution >= 4 is 28.5 Å². The summed E-state index contributed by atoms with van der Waals surface area (Å²) in [6.07, 6.45) is 0.443. The van der Waals surface area contributed by atoms with Crippen LogP contribution in [0.3, 0.4) is 0 Å². The molecule has 0 radical (unpaired) electrons. The normalized spacial score (nSPS) is 13.1. The van der Waals surface area contributed by atoms with Crippen molar-refractivity contribution in [3.8, 4) is 0 Å². The zero-order valence-electron chi connectivity index (χ0n) is 9.01. The number of hydrogen-bond donors (Lipinski definition) is 2. The second-order valence-corrected chi connectivity index (χ2v) is 4.74. The zero-order valence-corrected chi connectivity index (χ0v) is 9.83. The van der Waals surface area contributed by atoms with Crippen LogP contribution in [0.25, 0.3) is 11.1 Å². The minimum atomic E-state index is -0.285. The molecule has 1 atom stereocenters. The van der Waals surface area contributed by atoms with Crippen LogP contribution in [0.4, 0.5) is 5.69 Å². The molecular formula is C11H14N2O2S. The average molecular weight is 238 g/mol. The maximum Gasteiger partial charge on any atom is 0.256 e. The van der Waals surface area contributed by atoms with E-state index in [4.69, 9.17) is 15.3 Å². The van der Waals surface area contributed by atoms with Gasteiger partial charge in [0.2, 0.25) is 0 Å². The summed E-state index contributed by atoms with van der Waals surface area (Å²) in [5, 5.41) is 9.75. The number of nitrogens with zero attached hydrogens (tertiary/aromatic N) is 1. The monoisotopic (exact) mass is 238 g/mol. The minimum Gasteiger partial charge on any atom is -0.431 e. The second kappa shape index (κ2) is 4.76. The Balaban J connectivity index is 2.08. The first-order valence-electron chi connectivity index (χ1n) is 5.12. The van der Waals surface area contributed by atoms with E-state index in [1.807, 2.05) is 6.07 Å². The summed E-state index contributed by atoms with van der Waals surface area (Å²) >= 11 is 1.50. The Hall–Kier alpha value is -1.20. The lowest BCUT2D eigenvalue weighted by atomic mass is 10.3. The summed E-state index contributed by atoms with van der Waals surface area (Å²) in [5.41, 5.74) is 7.84. The van der Waals surface area contributed by atoms with E-state index in [2.05, 4.69) is 4.98 Å². The van der Waals surface area contributed by atoms with Crippen molar-refractivity contribution in [1.82, 2.24) is 4.98 Å². The van der Waals surface area contributed by atoms with Crippen molar-refractivity contribution in [2.75, 3.05) is 11.5 Å². The van der Waals surface area contributed by atoms with Crippen LogP contribution in [0, 0.1) is 0 Å². The molecule has 1 unspecified atom stereocenters. The number of nitrogens with two attached hydrogens (primary N) is 1. The Morgan fingerprint density at radius 2 is 2.38 bits per heavy atom. The van der Waals surface area contributed by atoms with Crippen molar-refractivity contribution in [2.45, 2.75) is 24.7 Å². The molecule has 3 N–H and O–H groups in total. The number of aromatic nitrogens is 1. The molecule has 0 amide bonds. The van der Waals surface area contributed by atoms with Crippen molar-refractivity contribution in [3.63, 3.8) is 0 Å². The quantitative estimate of drug-likeness (QED) is 0.631. The van der Waals surface area contributed by atoms with Gasteiger partial charge in [-0.25, -0.2) is 4.98 Å². The van der Waals surface area contributed by atoms with Crippen molar-refractivity contribution in [2.24, 2.45) is 0 Å². The molecule has 4 nitrogen and oxygen atoms in total. The Labute approximate surface area is 97.8 Å². The van der Waals surface area contributed by atoms with E-state index in [-0.39, 0.29) is 6.10 Å². The SMILES string of the molecule is CC(O)CCSc1nc2ccc(N)cc2o1. The fourth-order valence-electron chi connectivity index (χ4n) is 1.30. The van der Waals surface area contributed by atoms with Gasteiger partial charge in [0.1, 0.15) is 5.52 Å². The van der Waals surface area contributed by atoms with Crippen molar-refractivity contribution in [1.29, 1.82) is 0 Å². The van der Waals surface area contributed by atoms with E-state index in [0.29, 0.717) is 16.5 Å². The molecule has 0 bridgehead atoms. The van der Waals surface area contributed by atoms with Crippen molar-refractivity contribution < 1.29 is 9.52 Å². The summed E-state index contributed by atoms with van der Waals surface area (Å²) in [6, 6.07) is 5.41. The Morgan fingerprint density at radius 1 is 1.56 bits per heavy atom. The minimum absolute atomic E-state index is 0.285. The first-order valence-corrected chi connectivity index (χ1v) is 6.10. The van der Waals surface area contributed by atoms with E-state index >= 15 is 0 Å².